The van der Waals surface area contributed by atoms with Crippen molar-refractivity contribution in [3.8, 4) is 44.5 Å². The third kappa shape index (κ3) is 7.51. The fraction of sp³-hybridized carbons (Fsp3) is 0. The van der Waals surface area contributed by atoms with Crippen molar-refractivity contribution in [1.29, 1.82) is 0 Å². The van der Waals surface area contributed by atoms with E-state index >= 15 is 0 Å². The van der Waals surface area contributed by atoms with Crippen LogP contribution in [0.5, 0.6) is 0 Å². The molecule has 298 valence electrons. The molecule has 0 saturated heterocycles. The predicted octanol–water partition coefficient (Wildman–Crippen LogP) is 8.28. The smallest absolute Gasteiger partial charge is 0.0737 e. The molecule has 16 heteroatoms. The molecule has 12 nitrogen and oxygen atoms in total. The van der Waals surface area contributed by atoms with E-state index in [-0.39, 0.29) is 19.6 Å². The number of hydrogen-bond donors (Lipinski definition) is 2. The second kappa shape index (κ2) is 16.2. The molecule has 0 amide bonds. The SMILES string of the molecule is O=S([O-])c1ccc(-c2c3nc(c(-c4ccc(S(=O)[O-])cc4)c4ccc([nH]4)c(-c4ccc(S(=O)[O-])cc4)c4nc(c(-c5ccc(S(=O)[O-])cc5)c5ccc2[nH]5)C=C4)C=C3)cc1. The van der Waals surface area contributed by atoms with Crippen LogP contribution < -0.4 is 0 Å². The first kappa shape index (κ1) is 39.4. The summed E-state index contributed by atoms with van der Waals surface area (Å²) in [7, 11) is 0. The van der Waals surface area contributed by atoms with E-state index in [1.54, 1.807) is 48.5 Å². The maximum Gasteiger partial charge on any atom is 0.0737 e. The molecule has 2 N–H and O–H groups in total. The molecule has 3 aromatic heterocycles. The van der Waals surface area contributed by atoms with Crippen molar-refractivity contribution in [1.82, 2.24) is 19.9 Å². The first-order chi connectivity index (χ1) is 29.0. The number of aromatic nitrogens is 4. The standard InChI is InChI=1S/C44H30N4O8S4/c49-57(50)29-9-1-25(2-10-29)41-33-17-19-35(45-33)42(26-3-11-30(12-4-26)58(51)52)37-21-23-39(47-37)44(28-7-15-32(16-8-28)60(55)56)40-24-22-38(48-40)43(36-20-18-34(41)46-36)27-5-13-31(14-6-27)59(53)54/h1-24,45,48H,(H,49,50)(H,51,52)(H,53,54)(H,55,56)/p-4. The number of aromatic amines is 2. The van der Waals surface area contributed by atoms with Crippen molar-refractivity contribution in [2.75, 3.05) is 0 Å². The highest BCUT2D eigenvalue weighted by Crippen LogP contribution is 2.39. The van der Waals surface area contributed by atoms with E-state index in [4.69, 9.17) is 9.97 Å². The molecule has 4 aromatic carbocycles. The lowest BCUT2D eigenvalue weighted by atomic mass is 10.0. The molecule has 60 heavy (non-hydrogen) atoms. The highest BCUT2D eigenvalue weighted by atomic mass is 32.2. The number of nitrogens with zero attached hydrogens (tertiary/aromatic N) is 2. The highest BCUT2D eigenvalue weighted by molar-refractivity contribution is 7.79. The molecule has 5 heterocycles. The van der Waals surface area contributed by atoms with Gasteiger partial charge in [0, 0.05) is 63.9 Å². The number of benzene rings is 4. The van der Waals surface area contributed by atoms with Crippen molar-refractivity contribution in [2.45, 2.75) is 19.6 Å². The fourth-order valence-electron chi connectivity index (χ4n) is 7.35. The van der Waals surface area contributed by atoms with Crippen molar-refractivity contribution >= 4 is 90.7 Å². The topological polar surface area (TPSA) is 218 Å². The molecule has 0 aliphatic carbocycles. The minimum Gasteiger partial charge on any atom is -0.768 e. The van der Waals surface area contributed by atoms with Gasteiger partial charge < -0.3 is 28.2 Å². The molecule has 0 spiro atoms. The van der Waals surface area contributed by atoms with Crippen LogP contribution in [0.15, 0.2) is 141 Å². The summed E-state index contributed by atoms with van der Waals surface area (Å²) >= 11 is -9.80. The predicted molar refractivity (Wildman–Crippen MR) is 229 cm³/mol. The number of fused-ring (bicyclic) bond motifs is 8. The Bertz CT molecular complexity index is 2770. The summed E-state index contributed by atoms with van der Waals surface area (Å²) in [6.45, 7) is 0. The molecular formula is C44H26N4O8S4-4. The molecule has 7 aromatic rings. The maximum absolute atomic E-state index is 11.8. The molecule has 2 aliphatic rings. The van der Waals surface area contributed by atoms with Gasteiger partial charge in [0.15, 0.2) is 0 Å². The lowest BCUT2D eigenvalue weighted by Gasteiger charge is -2.10. The second-order valence-electron chi connectivity index (χ2n) is 13.5. The van der Waals surface area contributed by atoms with E-state index in [2.05, 4.69) is 9.97 Å². The Hall–Kier alpha value is -6.08. The van der Waals surface area contributed by atoms with Gasteiger partial charge in [-0.15, -0.1) is 0 Å². The van der Waals surface area contributed by atoms with Crippen LogP contribution in [0.1, 0.15) is 22.8 Å². The quantitative estimate of drug-likeness (QED) is 0.139. The van der Waals surface area contributed by atoms with Gasteiger partial charge in [-0.1, -0.05) is 48.5 Å². The van der Waals surface area contributed by atoms with Gasteiger partial charge in [-0.2, -0.15) is 0 Å². The van der Waals surface area contributed by atoms with Gasteiger partial charge in [0.25, 0.3) is 0 Å². The Kier molecular flexibility index (Phi) is 10.6. The average molecular weight is 867 g/mol. The van der Waals surface area contributed by atoms with Crippen LogP contribution in [0, 0.1) is 0 Å². The molecule has 8 bridgehead atoms. The van der Waals surface area contributed by atoms with Crippen molar-refractivity contribution in [2.24, 2.45) is 0 Å². The van der Waals surface area contributed by atoms with Crippen LogP contribution in [0.4, 0.5) is 0 Å². The third-order valence-corrected chi connectivity index (χ3v) is 12.7. The van der Waals surface area contributed by atoms with Crippen molar-refractivity contribution in [3.63, 3.8) is 0 Å². The summed E-state index contributed by atoms with van der Waals surface area (Å²) in [6.07, 6.45) is 7.40. The minimum atomic E-state index is -2.45. The largest absolute Gasteiger partial charge is 0.768 e. The molecule has 0 saturated carbocycles. The number of H-pyrrole nitrogens is 2. The van der Waals surface area contributed by atoms with Gasteiger partial charge in [0.05, 0.1) is 22.8 Å². The van der Waals surface area contributed by atoms with E-state index in [1.165, 1.54) is 48.5 Å². The summed E-state index contributed by atoms with van der Waals surface area (Å²) in [4.78, 5) is 17.9. The number of hydrogen-bond acceptors (Lipinski definition) is 10. The van der Waals surface area contributed by atoms with Crippen molar-refractivity contribution in [3.05, 3.63) is 144 Å². The molecule has 4 atom stereocenters. The Balaban J connectivity index is 1.43. The van der Waals surface area contributed by atoms with Crippen LogP contribution in [0.2, 0.25) is 0 Å². The fourth-order valence-corrected chi connectivity index (χ4v) is 8.78. The highest BCUT2D eigenvalue weighted by Gasteiger charge is 2.19. The van der Waals surface area contributed by atoms with E-state index in [1.807, 2.05) is 48.6 Å². The summed E-state index contributed by atoms with van der Waals surface area (Å²) < 4.78 is 94.6. The Morgan fingerprint density at radius 3 is 0.700 bits per heavy atom. The maximum atomic E-state index is 11.8. The Labute approximate surface area is 352 Å². The number of rotatable bonds is 8. The minimum absolute atomic E-state index is 0.111. The van der Waals surface area contributed by atoms with E-state index in [0.29, 0.717) is 89.4 Å². The Morgan fingerprint density at radius 2 is 0.517 bits per heavy atom. The molecule has 2 aliphatic heterocycles. The van der Waals surface area contributed by atoms with Crippen molar-refractivity contribution < 1.29 is 35.0 Å². The molecule has 4 unspecified atom stereocenters. The zero-order chi connectivity index (χ0) is 41.7. The van der Waals surface area contributed by atoms with E-state index in [0.717, 1.165) is 0 Å². The first-order valence-corrected chi connectivity index (χ1v) is 22.3. The van der Waals surface area contributed by atoms with Crippen LogP contribution in [-0.2, 0) is 44.3 Å². The van der Waals surface area contributed by atoms with Gasteiger partial charge >= 0.3 is 0 Å². The normalized spacial score (nSPS) is 14.2. The Morgan fingerprint density at radius 1 is 0.317 bits per heavy atom. The zero-order valence-corrected chi connectivity index (χ0v) is 33.9. The van der Waals surface area contributed by atoms with E-state index < -0.39 is 44.3 Å². The monoisotopic (exact) mass is 866 g/mol. The molecular weight excluding hydrogens is 841 g/mol. The summed E-state index contributed by atoms with van der Waals surface area (Å²) in [5.74, 6) is 0. The average Bonchev–Trinajstić information content (AvgIpc) is 4.10. The van der Waals surface area contributed by atoms with Gasteiger partial charge in [-0.05, 0) is 164 Å². The lowest BCUT2D eigenvalue weighted by molar-refractivity contribution is 0.535. The molecule has 0 fully saturated rings. The van der Waals surface area contributed by atoms with Crippen LogP contribution >= 0.6 is 0 Å². The van der Waals surface area contributed by atoms with Crippen LogP contribution in [-0.4, -0.2) is 55.0 Å². The number of nitrogens with one attached hydrogen (secondary N) is 2. The summed E-state index contributed by atoms with van der Waals surface area (Å²) in [5, 5.41) is 0. The van der Waals surface area contributed by atoms with Gasteiger partial charge in [-0.25, -0.2) is 9.97 Å². The summed E-state index contributed by atoms with van der Waals surface area (Å²) in [5.41, 5.74) is 9.97. The van der Waals surface area contributed by atoms with Crippen LogP contribution in [0.3, 0.4) is 0 Å². The van der Waals surface area contributed by atoms with Gasteiger partial charge in [0.1, 0.15) is 0 Å². The van der Waals surface area contributed by atoms with Gasteiger partial charge in [0.2, 0.25) is 0 Å². The van der Waals surface area contributed by atoms with Gasteiger partial charge in [-0.3, -0.25) is 16.8 Å². The van der Waals surface area contributed by atoms with Crippen LogP contribution in [0.25, 0.3) is 90.9 Å². The molecule has 0 radical (unpaired) electrons. The third-order valence-electron chi connectivity index (χ3n) is 10.1. The first-order valence-electron chi connectivity index (χ1n) is 18.0. The second-order valence-corrected chi connectivity index (χ2v) is 17.3. The zero-order valence-electron chi connectivity index (χ0n) is 30.6. The van der Waals surface area contributed by atoms with E-state index in [9.17, 15) is 35.0 Å². The lowest BCUT2D eigenvalue weighted by Crippen LogP contribution is -1.92. The molecule has 9 rings (SSSR count). The summed E-state index contributed by atoms with van der Waals surface area (Å²) in [6, 6.07) is 33.2.